The predicted octanol–water partition coefficient (Wildman–Crippen LogP) is 3.68. The van der Waals surface area contributed by atoms with Gasteiger partial charge in [-0.25, -0.2) is 0 Å². The van der Waals surface area contributed by atoms with Crippen LogP contribution < -0.4 is 5.32 Å². The van der Waals surface area contributed by atoms with E-state index in [0.717, 1.165) is 18.4 Å². The minimum Gasteiger partial charge on any atom is -0.339 e. The van der Waals surface area contributed by atoms with Gasteiger partial charge in [-0.1, -0.05) is 0 Å². The van der Waals surface area contributed by atoms with Gasteiger partial charge >= 0.3 is 0 Å². The molecule has 2 aliphatic heterocycles. The quantitative estimate of drug-likeness (QED) is 0.907. The number of rotatable bonds is 2. The van der Waals surface area contributed by atoms with Crippen LogP contribution in [0.25, 0.3) is 10.1 Å². The Balaban J connectivity index is 0.00000144. The van der Waals surface area contributed by atoms with Gasteiger partial charge in [0.1, 0.15) is 0 Å². The molecule has 2 saturated heterocycles. The highest BCUT2D eigenvalue weighted by Gasteiger charge is 2.36. The number of halogens is 1. The lowest BCUT2D eigenvalue weighted by Crippen LogP contribution is -2.48. The molecule has 2 fully saturated rings. The lowest BCUT2D eigenvalue weighted by atomic mass is 9.98. The van der Waals surface area contributed by atoms with Crippen LogP contribution in [0.4, 0.5) is 0 Å². The Kier molecular flexibility index (Phi) is 4.44. The molecule has 0 radical (unpaired) electrons. The van der Waals surface area contributed by atoms with Crippen LogP contribution in [0.2, 0.25) is 0 Å². The lowest BCUT2D eigenvalue weighted by Gasteiger charge is -2.35. The van der Waals surface area contributed by atoms with Crippen molar-refractivity contribution in [1.82, 2.24) is 10.2 Å². The van der Waals surface area contributed by atoms with Crippen molar-refractivity contribution in [3.05, 3.63) is 35.2 Å². The molecule has 4 rings (SSSR count). The molecule has 1 N–H and O–H groups in total. The van der Waals surface area contributed by atoms with E-state index in [9.17, 15) is 4.79 Å². The van der Waals surface area contributed by atoms with E-state index in [0.29, 0.717) is 18.1 Å². The molecule has 118 valence electrons. The monoisotopic (exact) mass is 336 g/mol. The van der Waals surface area contributed by atoms with E-state index in [1.54, 1.807) is 11.3 Å². The van der Waals surface area contributed by atoms with E-state index in [-0.39, 0.29) is 18.3 Å². The summed E-state index contributed by atoms with van der Waals surface area (Å²) in [4.78, 5) is 14.7. The second kappa shape index (κ2) is 6.19. The van der Waals surface area contributed by atoms with Crippen molar-refractivity contribution < 1.29 is 4.79 Å². The summed E-state index contributed by atoms with van der Waals surface area (Å²) in [5.74, 6) is 0.161. The number of fused-ring (bicyclic) bond motifs is 3. The van der Waals surface area contributed by atoms with Gasteiger partial charge in [-0.2, -0.15) is 0 Å². The van der Waals surface area contributed by atoms with Crippen LogP contribution in [-0.2, 0) is 0 Å². The van der Waals surface area contributed by atoms with Crippen molar-refractivity contribution in [2.24, 2.45) is 0 Å². The number of nitrogens with one attached hydrogen (secondary N) is 1. The van der Waals surface area contributed by atoms with Gasteiger partial charge in [-0.15, -0.1) is 23.7 Å². The smallest absolute Gasteiger partial charge is 0.253 e. The van der Waals surface area contributed by atoms with E-state index >= 15 is 0 Å². The van der Waals surface area contributed by atoms with Gasteiger partial charge in [-0.05, 0) is 60.7 Å². The molecule has 2 aliphatic rings. The van der Waals surface area contributed by atoms with Crippen molar-refractivity contribution >= 4 is 39.7 Å². The zero-order chi connectivity index (χ0) is 14.4. The van der Waals surface area contributed by atoms with Gasteiger partial charge in [0.15, 0.2) is 0 Å². The van der Waals surface area contributed by atoms with E-state index < -0.39 is 0 Å². The molecular formula is C17H21ClN2OS. The van der Waals surface area contributed by atoms with Gasteiger partial charge in [0.25, 0.3) is 5.91 Å². The number of piperidine rings is 1. The molecule has 2 bridgehead atoms. The second-order valence-electron chi connectivity index (χ2n) is 6.35. The minimum absolute atomic E-state index is 0. The van der Waals surface area contributed by atoms with Crippen LogP contribution in [0, 0.1) is 0 Å². The van der Waals surface area contributed by atoms with Gasteiger partial charge in [0.05, 0.1) is 0 Å². The average Bonchev–Trinajstić information content (AvgIpc) is 3.11. The van der Waals surface area contributed by atoms with Crippen molar-refractivity contribution in [2.75, 3.05) is 7.05 Å². The molecule has 2 aromatic rings. The molecule has 2 unspecified atom stereocenters. The maximum atomic E-state index is 12.8. The Hall–Kier alpha value is -1.10. The van der Waals surface area contributed by atoms with Crippen molar-refractivity contribution in [3.8, 4) is 0 Å². The molecule has 5 heteroatoms. The second-order valence-corrected chi connectivity index (χ2v) is 7.30. The van der Waals surface area contributed by atoms with Gasteiger partial charge < -0.3 is 10.2 Å². The maximum Gasteiger partial charge on any atom is 0.253 e. The molecule has 3 heterocycles. The van der Waals surface area contributed by atoms with E-state index in [2.05, 4.69) is 22.8 Å². The van der Waals surface area contributed by atoms with Crippen LogP contribution >= 0.6 is 23.7 Å². The zero-order valence-corrected chi connectivity index (χ0v) is 14.3. The van der Waals surface area contributed by atoms with Gasteiger partial charge in [0.2, 0.25) is 0 Å². The molecule has 0 spiro atoms. The fraction of sp³-hybridized carbons (Fsp3) is 0.471. The SMILES string of the molecule is CN(C(=O)c1ccc2sccc2c1)C1CC2CCC(C1)N2.Cl. The summed E-state index contributed by atoms with van der Waals surface area (Å²) in [6, 6.07) is 9.75. The highest BCUT2D eigenvalue weighted by Crippen LogP contribution is 2.30. The average molecular weight is 337 g/mol. The van der Waals surface area contributed by atoms with E-state index in [1.165, 1.54) is 22.9 Å². The van der Waals surface area contributed by atoms with Crippen LogP contribution in [0.15, 0.2) is 29.6 Å². The first-order valence-corrected chi connectivity index (χ1v) is 8.59. The third-order valence-electron chi connectivity index (χ3n) is 5.02. The number of hydrogen-bond donors (Lipinski definition) is 1. The summed E-state index contributed by atoms with van der Waals surface area (Å²) in [6.45, 7) is 0. The number of carbonyl (C=O) groups is 1. The molecule has 2 atom stereocenters. The Morgan fingerprint density at radius 1 is 1.23 bits per heavy atom. The number of amides is 1. The molecule has 22 heavy (non-hydrogen) atoms. The van der Waals surface area contributed by atoms with Crippen LogP contribution in [0.3, 0.4) is 0 Å². The van der Waals surface area contributed by atoms with Crippen LogP contribution in [-0.4, -0.2) is 36.0 Å². The number of carbonyl (C=O) groups excluding carboxylic acids is 1. The lowest BCUT2D eigenvalue weighted by molar-refractivity contribution is 0.0682. The summed E-state index contributed by atoms with van der Waals surface area (Å²) in [7, 11) is 1.97. The zero-order valence-electron chi connectivity index (χ0n) is 12.6. The van der Waals surface area contributed by atoms with Gasteiger partial charge in [0, 0.05) is 35.4 Å². The summed E-state index contributed by atoms with van der Waals surface area (Å²) >= 11 is 1.72. The first-order valence-electron chi connectivity index (χ1n) is 7.71. The van der Waals surface area contributed by atoms with E-state index in [4.69, 9.17) is 0 Å². The Labute approximate surface area is 141 Å². The van der Waals surface area contributed by atoms with Gasteiger partial charge in [-0.3, -0.25) is 4.79 Å². The molecule has 0 aliphatic carbocycles. The van der Waals surface area contributed by atoms with Crippen LogP contribution in [0.5, 0.6) is 0 Å². The fourth-order valence-corrected chi connectivity index (χ4v) is 4.58. The maximum absolute atomic E-state index is 12.8. The van der Waals surface area contributed by atoms with Crippen molar-refractivity contribution in [3.63, 3.8) is 0 Å². The highest BCUT2D eigenvalue weighted by atomic mass is 35.5. The summed E-state index contributed by atoms with van der Waals surface area (Å²) in [5, 5.41) is 6.89. The Bertz CT molecular complexity index is 674. The normalized spacial score (nSPS) is 26.7. The third kappa shape index (κ3) is 2.75. The molecular weight excluding hydrogens is 316 g/mol. The number of benzene rings is 1. The summed E-state index contributed by atoms with van der Waals surface area (Å²) in [6.07, 6.45) is 4.73. The van der Waals surface area contributed by atoms with E-state index in [1.807, 2.05) is 24.1 Å². The number of hydrogen-bond acceptors (Lipinski definition) is 3. The first-order chi connectivity index (χ1) is 10.2. The van der Waals surface area contributed by atoms with Crippen molar-refractivity contribution in [1.29, 1.82) is 0 Å². The minimum atomic E-state index is 0. The number of thiophene rings is 1. The topological polar surface area (TPSA) is 32.3 Å². The summed E-state index contributed by atoms with van der Waals surface area (Å²) in [5.41, 5.74) is 0.814. The Morgan fingerprint density at radius 3 is 2.68 bits per heavy atom. The molecule has 1 aromatic carbocycles. The van der Waals surface area contributed by atoms with Crippen LogP contribution in [0.1, 0.15) is 36.0 Å². The molecule has 3 nitrogen and oxygen atoms in total. The third-order valence-corrected chi connectivity index (χ3v) is 5.91. The highest BCUT2D eigenvalue weighted by molar-refractivity contribution is 7.17. The first kappa shape index (κ1) is 15.8. The fourth-order valence-electron chi connectivity index (χ4n) is 3.81. The number of nitrogens with zero attached hydrogens (tertiary/aromatic N) is 1. The Morgan fingerprint density at radius 2 is 1.95 bits per heavy atom. The molecule has 1 amide bonds. The predicted molar refractivity (Wildman–Crippen MR) is 94.1 cm³/mol. The van der Waals surface area contributed by atoms with Crippen molar-refractivity contribution in [2.45, 2.75) is 43.8 Å². The largest absolute Gasteiger partial charge is 0.339 e. The molecule has 1 aromatic heterocycles. The summed E-state index contributed by atoms with van der Waals surface area (Å²) < 4.78 is 1.24. The molecule has 0 saturated carbocycles. The standard InChI is InChI=1S/C17H20N2OS.ClH/c1-19(15-9-13-3-4-14(10-15)18-13)17(20)12-2-5-16-11(8-12)6-7-21-16;/h2,5-8,13-15,18H,3-4,9-10H2,1H3;1H.